The summed E-state index contributed by atoms with van der Waals surface area (Å²) in [5, 5.41) is 12.2. The van der Waals surface area contributed by atoms with Gasteiger partial charge in [0.2, 0.25) is 0 Å². The molecule has 6 nitrogen and oxygen atoms in total. The maximum atomic E-state index is 14.1. The summed E-state index contributed by atoms with van der Waals surface area (Å²) in [5.74, 6) is -0.263. The molecular weight excluding hydrogens is 506 g/mol. The van der Waals surface area contributed by atoms with Crippen LogP contribution in [-0.4, -0.2) is 15.8 Å². The number of halogens is 1. The molecule has 0 bridgehead atoms. The van der Waals surface area contributed by atoms with E-state index in [9.17, 15) is 14.9 Å². The number of nitro benzene ring substituents is 1. The van der Waals surface area contributed by atoms with Crippen molar-refractivity contribution in [3.05, 3.63) is 141 Å². The number of non-ortho nitro benzene ring substituents is 1. The number of aromatic nitrogens is 1. The third-order valence-corrected chi connectivity index (χ3v) is 6.47. The molecular formula is C28H20BrN3O3. The first kappa shape index (κ1) is 22.6. The Balaban J connectivity index is 1.72. The minimum Gasteiger partial charge on any atom is -0.361 e. The van der Waals surface area contributed by atoms with Crippen molar-refractivity contribution in [1.29, 1.82) is 0 Å². The predicted molar refractivity (Wildman–Crippen MR) is 141 cm³/mol. The number of benzene rings is 4. The average Bonchev–Trinajstić information content (AvgIpc) is 3.32. The lowest BCUT2D eigenvalue weighted by Crippen LogP contribution is -2.35. The summed E-state index contributed by atoms with van der Waals surface area (Å²) in [4.78, 5) is 29.8. The van der Waals surface area contributed by atoms with Gasteiger partial charge in [-0.3, -0.25) is 19.8 Å². The fourth-order valence-corrected chi connectivity index (χ4v) is 4.54. The Morgan fingerprint density at radius 3 is 2.20 bits per heavy atom. The van der Waals surface area contributed by atoms with Gasteiger partial charge in [0, 0.05) is 50.5 Å². The molecule has 7 heteroatoms. The highest BCUT2D eigenvalue weighted by Crippen LogP contribution is 2.38. The summed E-state index contributed by atoms with van der Waals surface area (Å²) >= 11 is 3.48. The molecule has 1 N–H and O–H groups in total. The van der Waals surface area contributed by atoms with Crippen molar-refractivity contribution in [2.24, 2.45) is 0 Å². The number of amides is 1. The van der Waals surface area contributed by atoms with E-state index in [1.807, 2.05) is 85.1 Å². The van der Waals surface area contributed by atoms with E-state index in [1.165, 1.54) is 24.3 Å². The van der Waals surface area contributed by atoms with Gasteiger partial charge >= 0.3 is 0 Å². The largest absolute Gasteiger partial charge is 0.361 e. The van der Waals surface area contributed by atoms with E-state index in [0.29, 0.717) is 11.3 Å². The Kier molecular flexibility index (Phi) is 6.16. The van der Waals surface area contributed by atoms with Crippen molar-refractivity contribution < 1.29 is 9.72 Å². The van der Waals surface area contributed by atoms with E-state index < -0.39 is 11.0 Å². The molecule has 1 heterocycles. The number of nitro groups is 1. The zero-order chi connectivity index (χ0) is 24.4. The van der Waals surface area contributed by atoms with E-state index in [4.69, 9.17) is 0 Å². The summed E-state index contributed by atoms with van der Waals surface area (Å²) in [6.07, 6.45) is 1.94. The zero-order valence-corrected chi connectivity index (χ0v) is 20.1. The van der Waals surface area contributed by atoms with Gasteiger partial charge in [0.05, 0.1) is 11.0 Å². The van der Waals surface area contributed by atoms with Crippen LogP contribution in [0.4, 0.5) is 11.4 Å². The average molecular weight is 526 g/mol. The molecule has 5 rings (SSSR count). The number of hydrogen-bond acceptors (Lipinski definition) is 3. The molecule has 172 valence electrons. The number of fused-ring (bicyclic) bond motifs is 1. The van der Waals surface area contributed by atoms with E-state index >= 15 is 0 Å². The summed E-state index contributed by atoms with van der Waals surface area (Å²) in [6, 6.07) is 30.7. The Morgan fingerprint density at radius 1 is 0.857 bits per heavy atom. The molecule has 1 aromatic heterocycles. The number of rotatable bonds is 6. The minimum absolute atomic E-state index is 0.0621. The maximum Gasteiger partial charge on any atom is 0.269 e. The van der Waals surface area contributed by atoms with E-state index in [2.05, 4.69) is 20.9 Å². The number of carbonyl (C=O) groups excluding carboxylic acids is 1. The predicted octanol–water partition coefficient (Wildman–Crippen LogP) is 7.28. The van der Waals surface area contributed by atoms with E-state index in [0.717, 1.165) is 26.5 Å². The normalized spacial score (nSPS) is 11.8. The molecule has 0 saturated heterocycles. The monoisotopic (exact) mass is 525 g/mol. The number of aromatic amines is 1. The van der Waals surface area contributed by atoms with Crippen LogP contribution in [0.3, 0.4) is 0 Å². The summed E-state index contributed by atoms with van der Waals surface area (Å²) in [5.41, 5.74) is 3.87. The molecule has 5 aromatic rings. The van der Waals surface area contributed by atoms with Crippen LogP contribution in [0.25, 0.3) is 10.9 Å². The van der Waals surface area contributed by atoms with Crippen molar-refractivity contribution in [3.63, 3.8) is 0 Å². The second-order valence-corrected chi connectivity index (χ2v) is 8.97. The standard InChI is InChI=1S/C28H20BrN3O3/c29-21-12-16-22(17-13-21)31(28(33)20-10-14-23(15-11-20)32(34)35)27(19-6-2-1-3-7-19)25-18-30-26-9-5-4-8-24(25)26/h1-18,27,30H. The number of nitrogens with zero attached hydrogens (tertiary/aromatic N) is 2. The van der Waals surface area contributed by atoms with Gasteiger partial charge in [0.25, 0.3) is 11.6 Å². The highest BCUT2D eigenvalue weighted by atomic mass is 79.9. The smallest absolute Gasteiger partial charge is 0.269 e. The molecule has 4 aromatic carbocycles. The highest BCUT2D eigenvalue weighted by molar-refractivity contribution is 9.10. The van der Waals surface area contributed by atoms with Crippen LogP contribution in [0, 0.1) is 10.1 Å². The SMILES string of the molecule is O=C(c1ccc([N+](=O)[O-])cc1)N(c1ccc(Br)cc1)C(c1ccccc1)c1c[nH]c2ccccc12. The first-order valence-corrected chi connectivity index (χ1v) is 11.8. The Bertz CT molecular complexity index is 1500. The Hall–Kier alpha value is -4.23. The lowest BCUT2D eigenvalue weighted by Gasteiger charge is -2.32. The highest BCUT2D eigenvalue weighted by Gasteiger charge is 2.31. The molecule has 35 heavy (non-hydrogen) atoms. The molecule has 0 saturated carbocycles. The number of hydrogen-bond donors (Lipinski definition) is 1. The summed E-state index contributed by atoms with van der Waals surface area (Å²) < 4.78 is 0.896. The molecule has 0 spiro atoms. The van der Waals surface area contributed by atoms with Crippen LogP contribution < -0.4 is 4.90 Å². The second kappa shape index (κ2) is 9.56. The van der Waals surface area contributed by atoms with E-state index in [1.54, 1.807) is 4.90 Å². The van der Waals surface area contributed by atoms with Crippen molar-refractivity contribution in [2.75, 3.05) is 4.90 Å². The van der Waals surface area contributed by atoms with Gasteiger partial charge in [0.1, 0.15) is 0 Å². The maximum absolute atomic E-state index is 14.1. The molecule has 0 aliphatic carbocycles. The fourth-order valence-electron chi connectivity index (χ4n) is 4.27. The van der Waals surface area contributed by atoms with Crippen LogP contribution in [0.5, 0.6) is 0 Å². The van der Waals surface area contributed by atoms with Crippen molar-refractivity contribution in [2.45, 2.75) is 6.04 Å². The fraction of sp³-hybridized carbons (Fsp3) is 0.0357. The molecule has 0 aliphatic rings. The number of para-hydroxylation sites is 1. The first-order valence-electron chi connectivity index (χ1n) is 11.0. The van der Waals surface area contributed by atoms with Crippen LogP contribution in [0.15, 0.2) is 114 Å². The molecule has 1 atom stereocenters. The van der Waals surface area contributed by atoms with Crippen molar-refractivity contribution >= 4 is 44.1 Å². The number of anilines is 1. The van der Waals surface area contributed by atoms with Gasteiger partial charge in [-0.05, 0) is 48.0 Å². The lowest BCUT2D eigenvalue weighted by atomic mass is 9.95. The van der Waals surface area contributed by atoms with Crippen molar-refractivity contribution in [3.8, 4) is 0 Å². The van der Waals surface area contributed by atoms with Gasteiger partial charge < -0.3 is 4.98 Å². The van der Waals surface area contributed by atoms with Crippen LogP contribution in [0.1, 0.15) is 27.5 Å². The minimum atomic E-state index is -0.473. The molecule has 1 amide bonds. The third kappa shape index (κ3) is 4.46. The molecule has 0 radical (unpaired) electrons. The number of H-pyrrole nitrogens is 1. The topological polar surface area (TPSA) is 79.2 Å². The summed E-state index contributed by atoms with van der Waals surface area (Å²) in [6.45, 7) is 0. The van der Waals surface area contributed by atoms with Crippen LogP contribution in [0.2, 0.25) is 0 Å². The number of nitrogens with one attached hydrogen (secondary N) is 1. The van der Waals surface area contributed by atoms with Gasteiger partial charge in [-0.15, -0.1) is 0 Å². The van der Waals surface area contributed by atoms with Gasteiger partial charge in [-0.2, -0.15) is 0 Å². The first-order chi connectivity index (χ1) is 17.0. The Morgan fingerprint density at radius 2 is 1.51 bits per heavy atom. The van der Waals surface area contributed by atoms with Crippen molar-refractivity contribution in [1.82, 2.24) is 4.98 Å². The second-order valence-electron chi connectivity index (χ2n) is 8.06. The van der Waals surface area contributed by atoms with Crippen LogP contribution in [-0.2, 0) is 0 Å². The zero-order valence-electron chi connectivity index (χ0n) is 18.5. The molecule has 1 unspecified atom stereocenters. The lowest BCUT2D eigenvalue weighted by molar-refractivity contribution is -0.384. The Labute approximate surface area is 210 Å². The number of carbonyl (C=O) groups is 1. The summed E-state index contributed by atoms with van der Waals surface area (Å²) in [7, 11) is 0. The van der Waals surface area contributed by atoms with Gasteiger partial charge in [-0.25, -0.2) is 0 Å². The van der Waals surface area contributed by atoms with Crippen LogP contribution >= 0.6 is 15.9 Å². The van der Waals surface area contributed by atoms with Gasteiger partial charge in [0.15, 0.2) is 0 Å². The van der Waals surface area contributed by atoms with Gasteiger partial charge in [-0.1, -0.05) is 64.5 Å². The quantitative estimate of drug-likeness (QED) is 0.187. The molecule has 0 fully saturated rings. The molecule has 0 aliphatic heterocycles. The third-order valence-electron chi connectivity index (χ3n) is 5.94. The van der Waals surface area contributed by atoms with E-state index in [-0.39, 0.29) is 11.6 Å².